The van der Waals surface area contributed by atoms with E-state index in [-0.39, 0.29) is 25.2 Å². The Morgan fingerprint density at radius 1 is 0.636 bits per heavy atom. The van der Waals surface area contributed by atoms with Crippen LogP contribution in [0, 0.1) is 11.8 Å². The van der Waals surface area contributed by atoms with Crippen LogP contribution in [0.5, 0.6) is 0 Å². The standard InChI is InChI=1S/C36H64N8O11/c1-19(2)17-22(27(48)43-36(12,13)31(52)54-14)39-24(46)18-38-29(50)34(8,9)44-28(49)25(20(3)4)41-30(51)35(10,11)42-26(47)21(15-16-23(37)45)40-32(53)55-33(5,6)7/h19-22,25H,15-18H2,1-14H3,(H2,37,45)(H,38,50)(H,39,46)(H,40,53)(H,41,51)(H,42,47)(H,43,48)(H,44,49)/t21-,22-,25-/m0/s1. The van der Waals surface area contributed by atoms with Crippen molar-refractivity contribution in [3.05, 3.63) is 0 Å². The van der Waals surface area contributed by atoms with Crippen molar-refractivity contribution in [3.63, 3.8) is 0 Å². The summed E-state index contributed by atoms with van der Waals surface area (Å²) in [5.41, 5.74) is -0.256. The fraction of sp³-hybridized carbons (Fsp3) is 0.750. The molecular formula is C36H64N8O11. The molecule has 3 atom stereocenters. The molecule has 0 rings (SSSR count). The van der Waals surface area contributed by atoms with Gasteiger partial charge in [0.25, 0.3) is 0 Å². The Morgan fingerprint density at radius 2 is 1.13 bits per heavy atom. The fourth-order valence-electron chi connectivity index (χ4n) is 4.79. The van der Waals surface area contributed by atoms with E-state index in [9.17, 15) is 43.2 Å². The first kappa shape index (κ1) is 50.0. The quantitative estimate of drug-likeness (QED) is 0.0748. The maximum Gasteiger partial charge on any atom is 0.408 e. The zero-order valence-corrected chi connectivity index (χ0v) is 34.8. The molecule has 0 aliphatic rings. The molecule has 0 bridgehead atoms. The van der Waals surface area contributed by atoms with Crippen LogP contribution in [0.25, 0.3) is 0 Å². The SMILES string of the molecule is COC(=O)C(C)(C)NC(=O)[C@H](CC(C)C)NC(=O)CNC(=O)C(C)(C)NC(=O)[C@@H](NC(=O)C(C)(C)NC(=O)[C@H](CCC(N)=O)NC(=O)OC(C)(C)C)C(C)C. The average Bonchev–Trinajstić information content (AvgIpc) is 3.01. The summed E-state index contributed by atoms with van der Waals surface area (Å²) in [4.78, 5) is 115. The van der Waals surface area contributed by atoms with Crippen molar-refractivity contribution in [1.29, 1.82) is 0 Å². The predicted molar refractivity (Wildman–Crippen MR) is 201 cm³/mol. The van der Waals surface area contributed by atoms with Gasteiger partial charge in [0.05, 0.1) is 13.7 Å². The number of primary amides is 1. The summed E-state index contributed by atoms with van der Waals surface area (Å²) in [7, 11) is 1.18. The Kier molecular flexibility index (Phi) is 18.8. The highest BCUT2D eigenvalue weighted by molar-refractivity contribution is 5.99. The number of carbonyl (C=O) groups is 9. The number of rotatable bonds is 20. The Morgan fingerprint density at radius 3 is 1.60 bits per heavy atom. The largest absolute Gasteiger partial charge is 0.467 e. The lowest BCUT2D eigenvalue weighted by Crippen LogP contribution is -2.64. The highest BCUT2D eigenvalue weighted by Gasteiger charge is 2.39. The Labute approximate surface area is 323 Å². The van der Waals surface area contributed by atoms with Crippen LogP contribution in [0.2, 0.25) is 0 Å². The van der Waals surface area contributed by atoms with Crippen molar-refractivity contribution in [1.82, 2.24) is 37.2 Å². The van der Waals surface area contributed by atoms with E-state index < -0.39 is 106 Å². The molecule has 19 nitrogen and oxygen atoms in total. The topological polar surface area (TPSA) is 282 Å². The third kappa shape index (κ3) is 18.3. The van der Waals surface area contributed by atoms with Gasteiger partial charge < -0.3 is 52.4 Å². The van der Waals surface area contributed by atoms with Crippen molar-refractivity contribution < 1.29 is 52.6 Å². The summed E-state index contributed by atoms with van der Waals surface area (Å²) in [6.45, 7) is 19.7. The normalized spacial score (nSPS) is 13.7. The van der Waals surface area contributed by atoms with Gasteiger partial charge in [0, 0.05) is 6.42 Å². The molecule has 55 heavy (non-hydrogen) atoms. The number of nitrogens with one attached hydrogen (secondary N) is 7. The van der Waals surface area contributed by atoms with Gasteiger partial charge in [-0.25, -0.2) is 9.59 Å². The summed E-state index contributed by atoms with van der Waals surface area (Å²) < 4.78 is 9.92. The van der Waals surface area contributed by atoms with Crippen LogP contribution in [0.1, 0.15) is 109 Å². The van der Waals surface area contributed by atoms with Crippen LogP contribution in [0.3, 0.4) is 0 Å². The zero-order chi connectivity index (χ0) is 43.3. The molecule has 0 aliphatic heterocycles. The smallest absolute Gasteiger partial charge is 0.408 e. The number of nitrogens with two attached hydrogens (primary N) is 1. The molecule has 19 heteroatoms. The molecule has 0 aromatic carbocycles. The van der Waals surface area contributed by atoms with Crippen LogP contribution in [-0.4, -0.2) is 107 Å². The van der Waals surface area contributed by atoms with Gasteiger partial charge in [-0.2, -0.15) is 0 Å². The van der Waals surface area contributed by atoms with Gasteiger partial charge in [0.1, 0.15) is 40.3 Å². The Hall–Kier alpha value is -4.97. The van der Waals surface area contributed by atoms with E-state index in [2.05, 4.69) is 37.2 Å². The van der Waals surface area contributed by atoms with E-state index in [0.29, 0.717) is 0 Å². The minimum atomic E-state index is -1.65. The second-order valence-electron chi connectivity index (χ2n) is 16.7. The summed E-state index contributed by atoms with van der Waals surface area (Å²) >= 11 is 0. The number of methoxy groups -OCH3 is 1. The van der Waals surface area contributed by atoms with Crippen LogP contribution in [0.4, 0.5) is 4.79 Å². The first-order valence-corrected chi connectivity index (χ1v) is 18.1. The van der Waals surface area contributed by atoms with E-state index in [1.54, 1.807) is 34.6 Å². The molecule has 0 saturated carbocycles. The van der Waals surface area contributed by atoms with Gasteiger partial charge >= 0.3 is 12.1 Å². The zero-order valence-electron chi connectivity index (χ0n) is 34.8. The molecule has 0 fully saturated rings. The summed E-state index contributed by atoms with van der Waals surface area (Å²) in [5.74, 6) is -6.37. The minimum Gasteiger partial charge on any atom is -0.467 e. The van der Waals surface area contributed by atoms with Crippen molar-refractivity contribution in [2.24, 2.45) is 17.6 Å². The van der Waals surface area contributed by atoms with Gasteiger partial charge in [-0.3, -0.25) is 33.6 Å². The highest BCUT2D eigenvalue weighted by atomic mass is 16.6. The van der Waals surface area contributed by atoms with E-state index in [1.807, 2.05) is 13.8 Å². The maximum absolute atomic E-state index is 13.5. The molecule has 0 heterocycles. The highest BCUT2D eigenvalue weighted by Crippen LogP contribution is 2.13. The molecule has 8 amide bonds. The number of amides is 8. The maximum atomic E-state index is 13.5. The van der Waals surface area contributed by atoms with Gasteiger partial charge in [0.2, 0.25) is 41.4 Å². The molecule has 0 unspecified atom stereocenters. The van der Waals surface area contributed by atoms with Crippen molar-refractivity contribution in [3.8, 4) is 0 Å². The lowest BCUT2D eigenvalue weighted by atomic mass is 9.97. The first-order chi connectivity index (χ1) is 24.8. The van der Waals surface area contributed by atoms with E-state index in [4.69, 9.17) is 15.2 Å². The number of ether oxygens (including phenoxy) is 2. The molecular weight excluding hydrogens is 720 g/mol. The van der Waals surface area contributed by atoms with Gasteiger partial charge in [-0.05, 0) is 87.0 Å². The average molecular weight is 785 g/mol. The molecule has 0 radical (unpaired) electrons. The van der Waals surface area contributed by atoms with E-state index in [1.165, 1.54) is 48.7 Å². The van der Waals surface area contributed by atoms with E-state index >= 15 is 0 Å². The summed E-state index contributed by atoms with van der Waals surface area (Å²) in [5, 5.41) is 17.6. The molecule has 0 saturated heterocycles. The molecule has 0 aromatic rings. The molecule has 0 aliphatic carbocycles. The predicted octanol–water partition coefficient (Wildman–Crippen LogP) is -0.209. The molecule has 0 aromatic heterocycles. The van der Waals surface area contributed by atoms with Crippen molar-refractivity contribution >= 4 is 53.4 Å². The van der Waals surface area contributed by atoms with Gasteiger partial charge in [-0.15, -0.1) is 0 Å². The Balaban J connectivity index is 5.68. The second kappa shape index (κ2) is 20.6. The van der Waals surface area contributed by atoms with Crippen LogP contribution >= 0.6 is 0 Å². The first-order valence-electron chi connectivity index (χ1n) is 18.1. The molecule has 0 spiro atoms. The van der Waals surface area contributed by atoms with Crippen molar-refractivity contribution in [2.75, 3.05) is 13.7 Å². The van der Waals surface area contributed by atoms with Crippen LogP contribution < -0.4 is 43.0 Å². The lowest BCUT2D eigenvalue weighted by Gasteiger charge is -2.33. The van der Waals surface area contributed by atoms with Gasteiger partial charge in [-0.1, -0.05) is 27.7 Å². The number of hydrogen-bond donors (Lipinski definition) is 8. The third-order valence-corrected chi connectivity index (χ3v) is 7.83. The van der Waals surface area contributed by atoms with Crippen molar-refractivity contribution in [2.45, 2.75) is 150 Å². The number of esters is 1. The minimum absolute atomic E-state index is 0.0244. The molecule has 9 N–H and O–H groups in total. The van der Waals surface area contributed by atoms with Crippen LogP contribution in [0.15, 0.2) is 0 Å². The van der Waals surface area contributed by atoms with Gasteiger partial charge in [0.15, 0.2) is 0 Å². The second-order valence-corrected chi connectivity index (χ2v) is 16.7. The third-order valence-electron chi connectivity index (χ3n) is 7.83. The summed E-state index contributed by atoms with van der Waals surface area (Å²) in [6.07, 6.45) is -1.14. The van der Waals surface area contributed by atoms with Crippen LogP contribution in [-0.2, 0) is 47.8 Å². The fourth-order valence-corrected chi connectivity index (χ4v) is 4.79. The number of hydrogen-bond acceptors (Lipinski definition) is 11. The number of alkyl carbamates (subject to hydrolysis) is 1. The number of carbonyl (C=O) groups excluding carboxylic acids is 9. The molecule has 314 valence electrons. The lowest BCUT2D eigenvalue weighted by molar-refractivity contribution is -0.149. The van der Waals surface area contributed by atoms with E-state index in [0.717, 1.165) is 0 Å². The monoisotopic (exact) mass is 784 g/mol. The Bertz CT molecular complexity index is 1430. The summed E-state index contributed by atoms with van der Waals surface area (Å²) in [6, 6.07) is -3.53.